The SMILES string of the molecule is Cc1ccc(S(=O)(=O)n2cc(-c3cc(C)ccc3C=C3CC3)nn2)cc1. The molecule has 2 aromatic carbocycles. The molecule has 3 aromatic rings. The van der Waals surface area contributed by atoms with Crippen molar-refractivity contribution in [2.24, 2.45) is 0 Å². The van der Waals surface area contributed by atoms with Gasteiger partial charge in [0.25, 0.3) is 10.0 Å². The first-order chi connectivity index (χ1) is 12.4. The quantitative estimate of drug-likeness (QED) is 0.701. The average Bonchev–Trinajstić information content (AvgIpc) is 3.28. The number of hydrogen-bond acceptors (Lipinski definition) is 4. The number of allylic oxidation sites excluding steroid dienone is 1. The van der Waals surface area contributed by atoms with Gasteiger partial charge < -0.3 is 0 Å². The van der Waals surface area contributed by atoms with E-state index in [-0.39, 0.29) is 4.90 Å². The van der Waals surface area contributed by atoms with E-state index in [1.165, 1.54) is 11.8 Å². The molecule has 1 aliphatic rings. The molecule has 0 radical (unpaired) electrons. The molecule has 0 amide bonds. The lowest BCUT2D eigenvalue weighted by Gasteiger charge is -2.05. The summed E-state index contributed by atoms with van der Waals surface area (Å²) in [4.78, 5) is 0.198. The van der Waals surface area contributed by atoms with Crippen molar-refractivity contribution in [3.05, 3.63) is 70.9 Å². The van der Waals surface area contributed by atoms with Gasteiger partial charge in [-0.2, -0.15) is 8.42 Å². The molecule has 4 rings (SSSR count). The molecule has 0 saturated heterocycles. The molecular formula is C20H19N3O2S. The summed E-state index contributed by atoms with van der Waals surface area (Å²) in [5, 5.41) is 8.02. The fourth-order valence-electron chi connectivity index (χ4n) is 2.76. The van der Waals surface area contributed by atoms with Gasteiger partial charge in [-0.3, -0.25) is 0 Å². The molecule has 132 valence electrons. The zero-order valence-corrected chi connectivity index (χ0v) is 15.5. The second-order valence-electron chi connectivity index (χ2n) is 6.69. The zero-order chi connectivity index (χ0) is 18.3. The lowest BCUT2D eigenvalue weighted by Crippen LogP contribution is -2.13. The summed E-state index contributed by atoms with van der Waals surface area (Å²) in [6.45, 7) is 3.92. The van der Waals surface area contributed by atoms with E-state index in [4.69, 9.17) is 0 Å². The number of aromatic nitrogens is 3. The Morgan fingerprint density at radius 3 is 2.38 bits per heavy atom. The maximum atomic E-state index is 12.8. The van der Waals surface area contributed by atoms with Crippen LogP contribution < -0.4 is 0 Å². The normalized spacial score (nSPS) is 13.7. The van der Waals surface area contributed by atoms with Crippen molar-refractivity contribution in [2.75, 3.05) is 0 Å². The monoisotopic (exact) mass is 365 g/mol. The Balaban J connectivity index is 1.76. The minimum Gasteiger partial charge on any atom is -0.199 e. The number of aryl methyl sites for hydroxylation is 2. The molecule has 6 heteroatoms. The maximum absolute atomic E-state index is 12.8. The number of rotatable bonds is 4. The van der Waals surface area contributed by atoms with Gasteiger partial charge in [0.05, 0.1) is 11.1 Å². The number of nitrogens with zero attached hydrogens (tertiary/aromatic N) is 3. The van der Waals surface area contributed by atoms with E-state index in [2.05, 4.69) is 16.4 Å². The smallest absolute Gasteiger partial charge is 0.199 e. The van der Waals surface area contributed by atoms with E-state index < -0.39 is 10.0 Å². The van der Waals surface area contributed by atoms with Gasteiger partial charge in [-0.05, 0) is 50.5 Å². The van der Waals surface area contributed by atoms with Crippen LogP contribution in [0.15, 0.2) is 59.1 Å². The van der Waals surface area contributed by atoms with Gasteiger partial charge in [-0.1, -0.05) is 52.3 Å². The topological polar surface area (TPSA) is 64.8 Å². The minimum absolute atomic E-state index is 0.198. The molecule has 1 heterocycles. The molecule has 0 bridgehead atoms. The molecule has 1 fully saturated rings. The van der Waals surface area contributed by atoms with E-state index in [9.17, 15) is 8.42 Å². The lowest BCUT2D eigenvalue weighted by molar-refractivity contribution is 0.577. The standard InChI is InChI=1S/C20H19N3O2S/c1-14-4-9-18(10-5-14)26(24,25)23-13-20(21-22-23)19-11-15(2)3-8-17(19)12-16-6-7-16/h3-5,8-13H,6-7H2,1-2H3. The second-order valence-corrected chi connectivity index (χ2v) is 8.48. The van der Waals surface area contributed by atoms with Crippen LogP contribution in [0.25, 0.3) is 17.3 Å². The van der Waals surface area contributed by atoms with Crippen molar-refractivity contribution in [1.29, 1.82) is 0 Å². The highest BCUT2D eigenvalue weighted by Crippen LogP contribution is 2.33. The number of hydrogen-bond donors (Lipinski definition) is 0. The fourth-order valence-corrected chi connectivity index (χ4v) is 3.83. The van der Waals surface area contributed by atoms with Crippen LogP contribution in [0.4, 0.5) is 0 Å². The van der Waals surface area contributed by atoms with Crippen molar-refractivity contribution in [2.45, 2.75) is 31.6 Å². The van der Waals surface area contributed by atoms with Gasteiger partial charge >= 0.3 is 0 Å². The summed E-state index contributed by atoms with van der Waals surface area (Å²) >= 11 is 0. The van der Waals surface area contributed by atoms with E-state index >= 15 is 0 Å². The summed E-state index contributed by atoms with van der Waals surface area (Å²) in [6.07, 6.45) is 5.89. The van der Waals surface area contributed by atoms with Crippen LogP contribution in [0.5, 0.6) is 0 Å². The third-order valence-electron chi connectivity index (χ3n) is 4.42. The predicted octanol–water partition coefficient (Wildman–Crippen LogP) is 3.98. The molecule has 5 nitrogen and oxygen atoms in total. The molecule has 1 aromatic heterocycles. The van der Waals surface area contributed by atoms with Crippen molar-refractivity contribution in [3.8, 4) is 11.3 Å². The van der Waals surface area contributed by atoms with Gasteiger partial charge in [0, 0.05) is 5.56 Å². The largest absolute Gasteiger partial charge is 0.284 e. The summed E-state index contributed by atoms with van der Waals surface area (Å²) in [5.74, 6) is 0. The third-order valence-corrected chi connectivity index (χ3v) is 5.96. The molecule has 0 N–H and O–H groups in total. The van der Waals surface area contributed by atoms with Crippen molar-refractivity contribution >= 4 is 16.1 Å². The molecule has 1 saturated carbocycles. The van der Waals surface area contributed by atoms with Crippen LogP contribution in [-0.4, -0.2) is 22.8 Å². The van der Waals surface area contributed by atoms with Gasteiger partial charge in [-0.25, -0.2) is 0 Å². The average molecular weight is 365 g/mol. The molecule has 26 heavy (non-hydrogen) atoms. The Labute approximate surface area is 153 Å². The third kappa shape index (κ3) is 3.20. The Hall–Kier alpha value is -2.73. The van der Waals surface area contributed by atoms with E-state index in [0.717, 1.165) is 39.2 Å². The molecule has 0 atom stereocenters. The zero-order valence-electron chi connectivity index (χ0n) is 14.7. The van der Waals surface area contributed by atoms with Crippen LogP contribution >= 0.6 is 0 Å². The lowest BCUT2D eigenvalue weighted by atomic mass is 10.0. The van der Waals surface area contributed by atoms with Crippen LogP contribution in [0.3, 0.4) is 0 Å². The summed E-state index contributed by atoms with van der Waals surface area (Å²) in [5.41, 5.74) is 5.99. The van der Waals surface area contributed by atoms with Crippen LogP contribution in [0.1, 0.15) is 29.5 Å². The fraction of sp³-hybridized carbons (Fsp3) is 0.200. The Morgan fingerprint density at radius 2 is 1.69 bits per heavy atom. The predicted molar refractivity (Wildman–Crippen MR) is 101 cm³/mol. The minimum atomic E-state index is -3.75. The first-order valence-electron chi connectivity index (χ1n) is 8.48. The van der Waals surface area contributed by atoms with Crippen molar-refractivity contribution in [3.63, 3.8) is 0 Å². The highest BCUT2D eigenvalue weighted by atomic mass is 32.2. The van der Waals surface area contributed by atoms with E-state index in [0.29, 0.717) is 5.69 Å². The van der Waals surface area contributed by atoms with Gasteiger partial charge in [0.2, 0.25) is 0 Å². The van der Waals surface area contributed by atoms with Crippen LogP contribution in [0.2, 0.25) is 0 Å². The van der Waals surface area contributed by atoms with Crippen LogP contribution in [0, 0.1) is 13.8 Å². The molecular weight excluding hydrogens is 346 g/mol. The van der Waals surface area contributed by atoms with E-state index in [1.807, 2.05) is 32.0 Å². The molecule has 0 aliphatic heterocycles. The second kappa shape index (κ2) is 6.21. The van der Waals surface area contributed by atoms with Gasteiger partial charge in [-0.15, -0.1) is 9.19 Å². The van der Waals surface area contributed by atoms with E-state index in [1.54, 1.807) is 24.3 Å². The van der Waals surface area contributed by atoms with Gasteiger partial charge in [0.1, 0.15) is 5.69 Å². The number of benzene rings is 2. The molecule has 0 spiro atoms. The summed E-state index contributed by atoms with van der Waals surface area (Å²) in [7, 11) is -3.75. The maximum Gasteiger partial charge on any atom is 0.284 e. The summed E-state index contributed by atoms with van der Waals surface area (Å²) < 4.78 is 26.5. The molecule has 0 unspecified atom stereocenters. The highest BCUT2D eigenvalue weighted by Gasteiger charge is 2.20. The van der Waals surface area contributed by atoms with Crippen molar-refractivity contribution in [1.82, 2.24) is 14.4 Å². The molecule has 1 aliphatic carbocycles. The Morgan fingerprint density at radius 1 is 1.00 bits per heavy atom. The highest BCUT2D eigenvalue weighted by molar-refractivity contribution is 7.89. The first-order valence-corrected chi connectivity index (χ1v) is 9.92. The van der Waals surface area contributed by atoms with Crippen LogP contribution in [-0.2, 0) is 10.0 Å². The Kier molecular flexibility index (Phi) is 4.00. The van der Waals surface area contributed by atoms with Crippen molar-refractivity contribution < 1.29 is 8.42 Å². The van der Waals surface area contributed by atoms with Gasteiger partial charge in [0.15, 0.2) is 0 Å². The summed E-state index contributed by atoms with van der Waals surface area (Å²) in [6, 6.07) is 12.8. The first kappa shape index (κ1) is 16.7. The Bertz CT molecular complexity index is 1100.